The number of nitrogens with zero attached hydrogens (tertiary/aromatic N) is 3. The SMILES string of the molecule is CC(=O)NCCNc1nc(-c2ccccc2)nc2nc(COc3ccccc3)[nH]c12. The van der Waals surface area contributed by atoms with Gasteiger partial charge in [-0.3, -0.25) is 4.79 Å². The molecule has 3 N–H and O–H groups in total. The molecule has 2 heterocycles. The van der Waals surface area contributed by atoms with Gasteiger partial charge in [-0.2, -0.15) is 0 Å². The van der Waals surface area contributed by atoms with Crippen molar-refractivity contribution in [1.82, 2.24) is 25.3 Å². The average Bonchev–Trinajstić information content (AvgIpc) is 3.19. The molecule has 0 bridgehead atoms. The van der Waals surface area contributed by atoms with Crippen LogP contribution in [0.2, 0.25) is 0 Å². The van der Waals surface area contributed by atoms with Gasteiger partial charge in [0.15, 0.2) is 17.3 Å². The lowest BCUT2D eigenvalue weighted by molar-refractivity contribution is -0.118. The van der Waals surface area contributed by atoms with E-state index in [1.165, 1.54) is 6.92 Å². The zero-order valence-electron chi connectivity index (χ0n) is 16.6. The quantitative estimate of drug-likeness (QED) is 0.391. The fourth-order valence-electron chi connectivity index (χ4n) is 2.95. The zero-order chi connectivity index (χ0) is 20.8. The number of para-hydroxylation sites is 1. The van der Waals surface area contributed by atoms with Gasteiger partial charge in [0.05, 0.1) is 0 Å². The minimum Gasteiger partial charge on any atom is -0.486 e. The molecule has 4 rings (SSSR count). The van der Waals surface area contributed by atoms with Crippen LogP contribution in [0.1, 0.15) is 12.7 Å². The summed E-state index contributed by atoms with van der Waals surface area (Å²) in [7, 11) is 0. The number of fused-ring (bicyclic) bond motifs is 1. The number of hydrogen-bond acceptors (Lipinski definition) is 6. The molecule has 0 atom stereocenters. The summed E-state index contributed by atoms with van der Waals surface area (Å²) in [5, 5.41) is 6.03. The van der Waals surface area contributed by atoms with Crippen molar-refractivity contribution in [2.45, 2.75) is 13.5 Å². The highest BCUT2D eigenvalue weighted by atomic mass is 16.5. The third kappa shape index (κ3) is 4.72. The predicted molar refractivity (Wildman–Crippen MR) is 115 cm³/mol. The van der Waals surface area contributed by atoms with Crippen LogP contribution < -0.4 is 15.4 Å². The normalized spacial score (nSPS) is 10.7. The van der Waals surface area contributed by atoms with Crippen molar-refractivity contribution in [3.63, 3.8) is 0 Å². The van der Waals surface area contributed by atoms with Crippen LogP contribution in [-0.4, -0.2) is 38.9 Å². The van der Waals surface area contributed by atoms with Crippen LogP contribution in [0, 0.1) is 0 Å². The largest absolute Gasteiger partial charge is 0.486 e. The van der Waals surface area contributed by atoms with E-state index in [0.29, 0.717) is 41.7 Å². The van der Waals surface area contributed by atoms with Crippen molar-refractivity contribution in [2.75, 3.05) is 18.4 Å². The number of hydrogen-bond donors (Lipinski definition) is 3. The van der Waals surface area contributed by atoms with Crippen LogP contribution in [0.3, 0.4) is 0 Å². The van der Waals surface area contributed by atoms with Gasteiger partial charge in [0.1, 0.15) is 23.7 Å². The van der Waals surface area contributed by atoms with Crippen molar-refractivity contribution >= 4 is 22.9 Å². The highest BCUT2D eigenvalue weighted by Crippen LogP contribution is 2.24. The van der Waals surface area contributed by atoms with Crippen LogP contribution in [0.5, 0.6) is 5.75 Å². The lowest BCUT2D eigenvalue weighted by atomic mass is 10.2. The number of amides is 1. The molecule has 2 aromatic heterocycles. The van der Waals surface area contributed by atoms with Crippen LogP contribution in [0.15, 0.2) is 60.7 Å². The minimum atomic E-state index is -0.0727. The van der Waals surface area contributed by atoms with Crippen molar-refractivity contribution in [3.05, 3.63) is 66.5 Å². The zero-order valence-corrected chi connectivity index (χ0v) is 16.6. The number of benzene rings is 2. The number of H-pyrrole nitrogens is 1. The van der Waals surface area contributed by atoms with Crippen molar-refractivity contribution in [1.29, 1.82) is 0 Å². The first-order valence-corrected chi connectivity index (χ1v) is 9.67. The van der Waals surface area contributed by atoms with Crippen LogP contribution in [0.25, 0.3) is 22.6 Å². The van der Waals surface area contributed by atoms with Gasteiger partial charge in [-0.25, -0.2) is 15.0 Å². The van der Waals surface area contributed by atoms with Gasteiger partial charge in [-0.1, -0.05) is 48.5 Å². The first-order valence-electron chi connectivity index (χ1n) is 9.67. The Morgan fingerprint density at radius 2 is 1.70 bits per heavy atom. The molecule has 0 saturated heterocycles. The molecule has 0 radical (unpaired) electrons. The number of carbonyl (C=O) groups excluding carboxylic acids is 1. The molecule has 0 aliphatic heterocycles. The van der Waals surface area contributed by atoms with Gasteiger partial charge in [-0.15, -0.1) is 0 Å². The molecule has 0 spiro atoms. The van der Waals surface area contributed by atoms with E-state index in [4.69, 9.17) is 4.74 Å². The minimum absolute atomic E-state index is 0.0727. The maximum absolute atomic E-state index is 11.1. The Balaban J connectivity index is 1.61. The van der Waals surface area contributed by atoms with E-state index in [1.807, 2.05) is 60.7 Å². The van der Waals surface area contributed by atoms with E-state index in [9.17, 15) is 4.79 Å². The Bertz CT molecular complexity index is 1130. The van der Waals surface area contributed by atoms with E-state index in [0.717, 1.165) is 11.3 Å². The molecular formula is C22H22N6O2. The summed E-state index contributed by atoms with van der Waals surface area (Å²) in [6.45, 7) is 2.78. The predicted octanol–water partition coefficient (Wildman–Crippen LogP) is 3.15. The molecule has 4 aromatic rings. The standard InChI is InChI=1S/C22H22N6O2/c1-15(29)23-12-13-24-21-19-22(28-20(27-21)16-8-4-2-5-9-16)26-18(25-19)14-30-17-10-6-3-7-11-17/h2-11H,12-14H2,1H3,(H,23,29)(H2,24,25,26,27,28). The van der Waals surface area contributed by atoms with Crippen LogP contribution in [-0.2, 0) is 11.4 Å². The molecule has 0 aliphatic rings. The van der Waals surface area contributed by atoms with E-state index in [2.05, 4.69) is 30.6 Å². The van der Waals surface area contributed by atoms with E-state index in [1.54, 1.807) is 0 Å². The van der Waals surface area contributed by atoms with E-state index >= 15 is 0 Å². The third-order valence-electron chi connectivity index (χ3n) is 4.34. The molecule has 8 heteroatoms. The Morgan fingerprint density at radius 3 is 2.43 bits per heavy atom. The summed E-state index contributed by atoms with van der Waals surface area (Å²) < 4.78 is 5.79. The average molecular weight is 402 g/mol. The Kier molecular flexibility index (Phi) is 5.84. The number of aromatic nitrogens is 4. The van der Waals surface area contributed by atoms with Gasteiger partial charge >= 0.3 is 0 Å². The van der Waals surface area contributed by atoms with Gasteiger partial charge in [0, 0.05) is 25.6 Å². The molecule has 0 saturated carbocycles. The van der Waals surface area contributed by atoms with Crippen LogP contribution in [0.4, 0.5) is 5.82 Å². The summed E-state index contributed by atoms with van der Waals surface area (Å²) >= 11 is 0. The topological polar surface area (TPSA) is 105 Å². The number of carbonyl (C=O) groups is 1. The summed E-state index contributed by atoms with van der Waals surface area (Å²) in [5.74, 6) is 2.55. The monoisotopic (exact) mass is 402 g/mol. The molecule has 30 heavy (non-hydrogen) atoms. The molecule has 0 aliphatic carbocycles. The molecule has 0 unspecified atom stereocenters. The lowest BCUT2D eigenvalue weighted by Gasteiger charge is -2.08. The number of ether oxygens (including phenoxy) is 1. The molecule has 8 nitrogen and oxygen atoms in total. The first-order chi connectivity index (χ1) is 14.7. The van der Waals surface area contributed by atoms with Crippen LogP contribution >= 0.6 is 0 Å². The van der Waals surface area contributed by atoms with E-state index in [-0.39, 0.29) is 12.5 Å². The number of imidazole rings is 1. The fourth-order valence-corrected chi connectivity index (χ4v) is 2.95. The molecular weight excluding hydrogens is 380 g/mol. The highest BCUT2D eigenvalue weighted by molar-refractivity contribution is 5.85. The number of nitrogens with one attached hydrogen (secondary N) is 3. The molecule has 0 fully saturated rings. The van der Waals surface area contributed by atoms with Gasteiger partial charge in [-0.05, 0) is 12.1 Å². The summed E-state index contributed by atoms with van der Waals surface area (Å²) in [6, 6.07) is 19.3. The van der Waals surface area contributed by atoms with Crippen molar-refractivity contribution in [2.24, 2.45) is 0 Å². The summed E-state index contributed by atoms with van der Waals surface area (Å²) in [6.07, 6.45) is 0. The second-order valence-corrected chi connectivity index (χ2v) is 6.66. The summed E-state index contributed by atoms with van der Waals surface area (Å²) in [4.78, 5) is 28.2. The molecule has 1 amide bonds. The second-order valence-electron chi connectivity index (χ2n) is 6.66. The maximum Gasteiger partial charge on any atom is 0.216 e. The van der Waals surface area contributed by atoms with Gasteiger partial charge < -0.3 is 20.4 Å². The summed E-state index contributed by atoms with van der Waals surface area (Å²) in [5.41, 5.74) is 2.15. The van der Waals surface area contributed by atoms with Crippen molar-refractivity contribution < 1.29 is 9.53 Å². The number of rotatable bonds is 8. The highest BCUT2D eigenvalue weighted by Gasteiger charge is 2.14. The Hall–Kier alpha value is -3.94. The first kappa shape index (κ1) is 19.4. The number of anilines is 1. The third-order valence-corrected chi connectivity index (χ3v) is 4.34. The smallest absolute Gasteiger partial charge is 0.216 e. The molecule has 152 valence electrons. The molecule has 2 aromatic carbocycles. The Morgan fingerprint density at radius 1 is 0.967 bits per heavy atom. The lowest BCUT2D eigenvalue weighted by Crippen LogP contribution is -2.26. The van der Waals surface area contributed by atoms with Gasteiger partial charge in [0.2, 0.25) is 5.91 Å². The van der Waals surface area contributed by atoms with Crippen molar-refractivity contribution in [3.8, 4) is 17.1 Å². The fraction of sp³-hybridized carbons (Fsp3) is 0.182. The number of aromatic amines is 1. The van der Waals surface area contributed by atoms with E-state index < -0.39 is 0 Å². The second kappa shape index (κ2) is 9.04. The Labute approximate surface area is 173 Å². The van der Waals surface area contributed by atoms with Gasteiger partial charge in [0.25, 0.3) is 0 Å². The maximum atomic E-state index is 11.1.